The van der Waals surface area contributed by atoms with Gasteiger partial charge in [0.2, 0.25) is 0 Å². The first-order valence-corrected chi connectivity index (χ1v) is 12.9. The Hall–Kier alpha value is -3.66. The summed E-state index contributed by atoms with van der Waals surface area (Å²) in [5.74, 6) is 0.00609. The van der Waals surface area contributed by atoms with Crippen LogP contribution in [0.3, 0.4) is 0 Å². The van der Waals surface area contributed by atoms with E-state index in [1.165, 1.54) is 4.90 Å². The molecule has 1 fully saturated rings. The van der Waals surface area contributed by atoms with Crippen molar-refractivity contribution in [1.29, 1.82) is 0 Å². The van der Waals surface area contributed by atoms with Crippen LogP contribution < -0.4 is 9.64 Å². The summed E-state index contributed by atoms with van der Waals surface area (Å²) in [4.78, 5) is 27.0. The molecule has 0 bridgehead atoms. The number of nitrogens with zero attached hydrogens (tertiary/aromatic N) is 2. The Morgan fingerprint density at radius 3 is 2.40 bits per heavy atom. The van der Waals surface area contributed by atoms with E-state index in [-0.39, 0.29) is 23.7 Å². The molecule has 1 aliphatic heterocycles. The summed E-state index contributed by atoms with van der Waals surface area (Å²) in [5.41, 5.74) is 2.45. The van der Waals surface area contributed by atoms with Crippen molar-refractivity contribution in [3.63, 3.8) is 0 Å². The molecule has 9 nitrogen and oxygen atoms in total. The summed E-state index contributed by atoms with van der Waals surface area (Å²) in [5, 5.41) is 3.89. The highest BCUT2D eigenvalue weighted by Gasteiger charge is 2.35. The van der Waals surface area contributed by atoms with Gasteiger partial charge < -0.3 is 18.9 Å². The van der Waals surface area contributed by atoms with E-state index in [4.69, 9.17) is 14.0 Å². The number of aryl methyl sites for hydroxylation is 2. The van der Waals surface area contributed by atoms with Crippen LogP contribution in [0, 0.1) is 13.8 Å². The highest BCUT2D eigenvalue weighted by Crippen LogP contribution is 2.25. The van der Waals surface area contributed by atoms with Crippen molar-refractivity contribution in [3.8, 4) is 5.75 Å². The van der Waals surface area contributed by atoms with E-state index in [2.05, 4.69) is 5.16 Å². The van der Waals surface area contributed by atoms with Gasteiger partial charge in [0.25, 0.3) is 5.91 Å². The molecule has 1 aliphatic rings. The number of benzene rings is 2. The lowest BCUT2D eigenvalue weighted by atomic mass is 10.2. The number of sulfone groups is 1. The van der Waals surface area contributed by atoms with E-state index < -0.39 is 34.4 Å². The standard InChI is InChI=1S/C25H26N2O7S/c1-17-23(18(2)34-26-17)14-32-22-10-8-19(9-11-22)25(29)33-15-24(28)27(20-6-4-3-5-7-20)21-12-13-35(30,31)16-21/h3-11,21H,12-16H2,1-2H3. The van der Waals surface area contributed by atoms with Crippen LogP contribution in [-0.4, -0.2) is 49.6 Å². The minimum absolute atomic E-state index is 0.0265. The summed E-state index contributed by atoms with van der Waals surface area (Å²) in [6.45, 7) is 3.42. The van der Waals surface area contributed by atoms with E-state index >= 15 is 0 Å². The summed E-state index contributed by atoms with van der Waals surface area (Å²) < 4.78 is 40.1. The maximum Gasteiger partial charge on any atom is 0.338 e. The van der Waals surface area contributed by atoms with Gasteiger partial charge in [-0.25, -0.2) is 13.2 Å². The molecule has 1 unspecified atom stereocenters. The Bertz CT molecular complexity index is 1280. The SMILES string of the molecule is Cc1noc(C)c1COc1ccc(C(=O)OCC(=O)N(c2ccccc2)C2CCS(=O)(=O)C2)cc1. The number of hydrogen-bond donors (Lipinski definition) is 0. The van der Waals surface area contributed by atoms with Crippen molar-refractivity contribution in [2.75, 3.05) is 23.0 Å². The molecule has 2 heterocycles. The molecule has 10 heteroatoms. The van der Waals surface area contributed by atoms with E-state index in [0.29, 0.717) is 23.6 Å². The number of aromatic nitrogens is 1. The Balaban J connectivity index is 1.37. The van der Waals surface area contributed by atoms with Crippen LogP contribution in [0.2, 0.25) is 0 Å². The zero-order valence-electron chi connectivity index (χ0n) is 19.5. The highest BCUT2D eigenvalue weighted by atomic mass is 32.2. The number of carbonyl (C=O) groups excluding carboxylic acids is 2. The molecule has 1 atom stereocenters. The van der Waals surface area contributed by atoms with Crippen molar-refractivity contribution < 1.29 is 32.0 Å². The molecular weight excluding hydrogens is 472 g/mol. The fourth-order valence-corrected chi connectivity index (χ4v) is 5.66. The maximum absolute atomic E-state index is 13.0. The minimum atomic E-state index is -3.21. The van der Waals surface area contributed by atoms with E-state index in [1.807, 2.05) is 13.8 Å². The second-order valence-electron chi connectivity index (χ2n) is 8.35. The van der Waals surface area contributed by atoms with Crippen LogP contribution in [0.5, 0.6) is 5.75 Å². The molecule has 1 aromatic heterocycles. The smallest absolute Gasteiger partial charge is 0.338 e. The second-order valence-corrected chi connectivity index (χ2v) is 10.6. The van der Waals surface area contributed by atoms with Gasteiger partial charge in [-0.1, -0.05) is 23.4 Å². The molecule has 0 spiro atoms. The van der Waals surface area contributed by atoms with Crippen molar-refractivity contribution in [2.45, 2.75) is 32.9 Å². The quantitative estimate of drug-likeness (QED) is 0.435. The van der Waals surface area contributed by atoms with Gasteiger partial charge in [0.1, 0.15) is 18.1 Å². The largest absolute Gasteiger partial charge is 0.489 e. The van der Waals surface area contributed by atoms with Crippen molar-refractivity contribution in [3.05, 3.63) is 77.2 Å². The fourth-order valence-electron chi connectivity index (χ4n) is 3.96. The van der Waals surface area contributed by atoms with Gasteiger partial charge in [0, 0.05) is 5.69 Å². The molecular formula is C25H26N2O7S. The van der Waals surface area contributed by atoms with Gasteiger partial charge in [0.15, 0.2) is 16.4 Å². The Labute approximate surface area is 203 Å². The molecule has 3 aromatic rings. The molecule has 0 N–H and O–H groups in total. The third-order valence-corrected chi connectivity index (χ3v) is 7.61. The lowest BCUT2D eigenvalue weighted by Crippen LogP contribution is -2.43. The number of rotatable bonds is 8. The molecule has 4 rings (SSSR count). The van der Waals surface area contributed by atoms with Gasteiger partial charge in [-0.05, 0) is 56.7 Å². The van der Waals surface area contributed by atoms with Crippen LogP contribution in [-0.2, 0) is 26.0 Å². The molecule has 0 aliphatic carbocycles. The highest BCUT2D eigenvalue weighted by molar-refractivity contribution is 7.91. The van der Waals surface area contributed by atoms with Gasteiger partial charge >= 0.3 is 5.97 Å². The zero-order chi connectivity index (χ0) is 25.0. The molecule has 0 saturated carbocycles. The first kappa shape index (κ1) is 24.5. The monoisotopic (exact) mass is 498 g/mol. The lowest BCUT2D eigenvalue weighted by molar-refractivity contribution is -0.122. The molecule has 184 valence electrons. The van der Waals surface area contributed by atoms with Crippen LogP contribution in [0.15, 0.2) is 59.1 Å². The maximum atomic E-state index is 13.0. The summed E-state index contributed by atoms with van der Waals surface area (Å²) >= 11 is 0. The normalized spacial score (nSPS) is 16.6. The van der Waals surface area contributed by atoms with Crippen LogP contribution >= 0.6 is 0 Å². The van der Waals surface area contributed by atoms with Crippen molar-refractivity contribution in [2.24, 2.45) is 0 Å². The predicted octanol–water partition coefficient (Wildman–Crippen LogP) is 3.25. The predicted molar refractivity (Wildman–Crippen MR) is 128 cm³/mol. The van der Waals surface area contributed by atoms with Gasteiger partial charge in [-0.3, -0.25) is 4.79 Å². The number of ether oxygens (including phenoxy) is 2. The van der Waals surface area contributed by atoms with E-state index in [0.717, 1.165) is 11.3 Å². The first-order valence-electron chi connectivity index (χ1n) is 11.1. The molecule has 1 saturated heterocycles. The van der Waals surface area contributed by atoms with Crippen LogP contribution in [0.1, 0.15) is 33.8 Å². The molecule has 2 aromatic carbocycles. The number of anilines is 1. The third kappa shape index (κ3) is 5.89. The molecule has 0 radical (unpaired) electrons. The first-order chi connectivity index (χ1) is 16.7. The van der Waals surface area contributed by atoms with Crippen LogP contribution in [0.25, 0.3) is 0 Å². The number of hydrogen-bond acceptors (Lipinski definition) is 8. The Morgan fingerprint density at radius 1 is 1.09 bits per heavy atom. The lowest BCUT2D eigenvalue weighted by Gasteiger charge is -2.28. The summed E-state index contributed by atoms with van der Waals surface area (Å²) in [6, 6.07) is 14.7. The number of carbonyl (C=O) groups is 2. The van der Waals surface area contributed by atoms with Crippen LogP contribution in [0.4, 0.5) is 5.69 Å². The third-order valence-electron chi connectivity index (χ3n) is 5.86. The number of esters is 1. The van der Waals surface area contributed by atoms with Gasteiger partial charge in [-0.15, -0.1) is 0 Å². The summed E-state index contributed by atoms with van der Waals surface area (Å²) in [6.07, 6.45) is 0.340. The zero-order valence-corrected chi connectivity index (χ0v) is 20.3. The van der Waals surface area contributed by atoms with Crippen molar-refractivity contribution in [1.82, 2.24) is 5.16 Å². The topological polar surface area (TPSA) is 116 Å². The second kappa shape index (κ2) is 10.3. The van der Waals surface area contributed by atoms with E-state index in [9.17, 15) is 18.0 Å². The average Bonchev–Trinajstić information content (AvgIpc) is 3.37. The fraction of sp³-hybridized carbons (Fsp3) is 0.320. The summed E-state index contributed by atoms with van der Waals surface area (Å²) in [7, 11) is -3.21. The number of para-hydroxylation sites is 1. The minimum Gasteiger partial charge on any atom is -0.489 e. The molecule has 35 heavy (non-hydrogen) atoms. The Morgan fingerprint density at radius 2 is 1.80 bits per heavy atom. The Kier molecular flexibility index (Phi) is 7.20. The van der Waals surface area contributed by atoms with Gasteiger partial charge in [-0.2, -0.15) is 0 Å². The van der Waals surface area contributed by atoms with Crippen molar-refractivity contribution >= 4 is 27.4 Å². The number of amides is 1. The average molecular weight is 499 g/mol. The van der Waals surface area contributed by atoms with Gasteiger partial charge in [0.05, 0.1) is 34.4 Å². The molecule has 1 amide bonds. The van der Waals surface area contributed by atoms with E-state index in [1.54, 1.807) is 54.6 Å².